The predicted octanol–water partition coefficient (Wildman–Crippen LogP) is 2.76. The molecule has 1 N–H and O–H groups in total. The van der Waals surface area contributed by atoms with Gasteiger partial charge in [0.2, 0.25) is 0 Å². The van der Waals surface area contributed by atoms with Crippen molar-refractivity contribution in [3.63, 3.8) is 0 Å². The number of phenolic OH excluding ortho intramolecular Hbond substituents is 1. The van der Waals surface area contributed by atoms with Gasteiger partial charge in [0, 0.05) is 43.3 Å². The summed E-state index contributed by atoms with van der Waals surface area (Å²) in [6, 6.07) is 6.22. The lowest BCUT2D eigenvalue weighted by Crippen LogP contribution is -2.35. The number of likely N-dealkylation sites (tertiary alicyclic amines) is 1. The Kier molecular flexibility index (Phi) is 5.15. The van der Waals surface area contributed by atoms with Crippen LogP contribution in [0.4, 0.5) is 0 Å². The average molecular weight is 341 g/mol. The first-order valence-electron chi connectivity index (χ1n) is 9.42. The Hall–Kier alpha value is -1.69. The van der Waals surface area contributed by atoms with Crippen molar-refractivity contribution in [2.75, 3.05) is 39.4 Å². The number of benzene rings is 1. The number of ether oxygens (including phenoxy) is 1. The Morgan fingerprint density at radius 1 is 0.960 bits per heavy atom. The fraction of sp³-hybridized carbons (Fsp3) is 0.550. The lowest BCUT2D eigenvalue weighted by molar-refractivity contribution is 0.0343. The van der Waals surface area contributed by atoms with Crippen LogP contribution in [0.3, 0.4) is 0 Å². The first-order chi connectivity index (χ1) is 12.3. The standard InChI is InChI=1S/C20H27N3O2/c24-20-17(15-22-7-2-1-3-8-22)13-16(14-23-9-11-25-12-10-23)18-5-4-6-21-19(18)20/h4-6,13,24H,1-3,7-12,14-15H2. The SMILES string of the molecule is Oc1c(CN2CCCCC2)cc(CN2CCOCC2)c2cccnc12. The summed E-state index contributed by atoms with van der Waals surface area (Å²) in [4.78, 5) is 9.35. The molecule has 0 aliphatic carbocycles. The molecule has 0 amide bonds. The van der Waals surface area contributed by atoms with Crippen molar-refractivity contribution in [1.29, 1.82) is 0 Å². The molecule has 0 bridgehead atoms. The van der Waals surface area contributed by atoms with Crippen molar-refractivity contribution in [3.05, 3.63) is 35.5 Å². The number of pyridine rings is 1. The number of nitrogens with zero attached hydrogens (tertiary/aromatic N) is 3. The molecule has 2 saturated heterocycles. The Labute approximate surface area is 149 Å². The quantitative estimate of drug-likeness (QED) is 0.927. The molecule has 2 aliphatic rings. The molecular formula is C20H27N3O2. The van der Waals surface area contributed by atoms with Gasteiger partial charge in [-0.1, -0.05) is 12.5 Å². The third kappa shape index (κ3) is 3.78. The summed E-state index contributed by atoms with van der Waals surface area (Å²) in [6.45, 7) is 7.47. The van der Waals surface area contributed by atoms with Crippen molar-refractivity contribution in [2.45, 2.75) is 32.4 Å². The molecule has 0 saturated carbocycles. The summed E-state index contributed by atoms with van der Waals surface area (Å²) in [5.74, 6) is 0.354. The molecule has 0 radical (unpaired) electrons. The third-order valence-corrected chi connectivity index (χ3v) is 5.37. The van der Waals surface area contributed by atoms with Crippen LogP contribution in [0.25, 0.3) is 10.9 Å². The van der Waals surface area contributed by atoms with E-state index >= 15 is 0 Å². The van der Waals surface area contributed by atoms with Crippen LogP contribution < -0.4 is 0 Å². The van der Waals surface area contributed by atoms with Crippen LogP contribution in [0.5, 0.6) is 5.75 Å². The van der Waals surface area contributed by atoms with E-state index in [2.05, 4.69) is 26.9 Å². The first kappa shape index (κ1) is 16.8. The molecule has 1 aromatic heterocycles. The van der Waals surface area contributed by atoms with Gasteiger partial charge >= 0.3 is 0 Å². The number of piperidine rings is 1. The zero-order chi connectivity index (χ0) is 17.1. The van der Waals surface area contributed by atoms with Crippen molar-refractivity contribution in [2.24, 2.45) is 0 Å². The van der Waals surface area contributed by atoms with E-state index in [9.17, 15) is 5.11 Å². The summed E-state index contributed by atoms with van der Waals surface area (Å²) in [5, 5.41) is 11.9. The van der Waals surface area contributed by atoms with Crippen molar-refractivity contribution in [1.82, 2.24) is 14.8 Å². The monoisotopic (exact) mass is 341 g/mol. The van der Waals surface area contributed by atoms with Gasteiger partial charge in [0.25, 0.3) is 0 Å². The second kappa shape index (κ2) is 7.68. The van der Waals surface area contributed by atoms with Crippen LogP contribution >= 0.6 is 0 Å². The van der Waals surface area contributed by atoms with E-state index in [4.69, 9.17) is 4.74 Å². The average Bonchev–Trinajstić information content (AvgIpc) is 2.67. The van der Waals surface area contributed by atoms with Gasteiger partial charge < -0.3 is 9.84 Å². The highest BCUT2D eigenvalue weighted by Gasteiger charge is 2.19. The third-order valence-electron chi connectivity index (χ3n) is 5.37. The van der Waals surface area contributed by atoms with Gasteiger partial charge in [-0.05, 0) is 43.6 Å². The topological polar surface area (TPSA) is 48.8 Å². The predicted molar refractivity (Wildman–Crippen MR) is 98.6 cm³/mol. The molecule has 134 valence electrons. The van der Waals surface area contributed by atoms with Gasteiger partial charge in [-0.3, -0.25) is 14.8 Å². The fourth-order valence-electron chi connectivity index (χ4n) is 3.97. The zero-order valence-electron chi connectivity index (χ0n) is 14.8. The van der Waals surface area contributed by atoms with E-state index in [0.717, 1.165) is 68.9 Å². The molecule has 0 spiro atoms. The summed E-state index contributed by atoms with van der Waals surface area (Å²) < 4.78 is 5.47. The van der Waals surface area contributed by atoms with Crippen LogP contribution in [0, 0.1) is 0 Å². The number of aromatic hydroxyl groups is 1. The van der Waals surface area contributed by atoms with Crippen LogP contribution in [0.1, 0.15) is 30.4 Å². The Morgan fingerprint density at radius 2 is 1.68 bits per heavy atom. The Bertz CT molecular complexity index is 722. The van der Waals surface area contributed by atoms with Gasteiger partial charge in [-0.25, -0.2) is 0 Å². The van der Waals surface area contributed by atoms with Crippen molar-refractivity contribution >= 4 is 10.9 Å². The molecular weight excluding hydrogens is 314 g/mol. The van der Waals surface area contributed by atoms with E-state index in [0.29, 0.717) is 5.75 Å². The Morgan fingerprint density at radius 3 is 2.48 bits per heavy atom. The van der Waals surface area contributed by atoms with Crippen molar-refractivity contribution in [3.8, 4) is 5.75 Å². The number of rotatable bonds is 4. The molecule has 25 heavy (non-hydrogen) atoms. The Balaban J connectivity index is 1.66. The normalized spacial score (nSPS) is 20.2. The molecule has 4 rings (SSSR count). The largest absolute Gasteiger partial charge is 0.505 e. The molecule has 5 heteroatoms. The van der Waals surface area contributed by atoms with E-state index in [1.165, 1.54) is 24.8 Å². The minimum absolute atomic E-state index is 0.354. The number of hydrogen-bond acceptors (Lipinski definition) is 5. The molecule has 0 atom stereocenters. The maximum atomic E-state index is 10.8. The van der Waals surface area contributed by atoms with Gasteiger partial charge in [0.1, 0.15) is 11.3 Å². The highest BCUT2D eigenvalue weighted by molar-refractivity contribution is 5.88. The molecule has 5 nitrogen and oxygen atoms in total. The van der Waals surface area contributed by atoms with Gasteiger partial charge in [0.05, 0.1) is 13.2 Å². The molecule has 3 heterocycles. The van der Waals surface area contributed by atoms with Crippen LogP contribution in [0.15, 0.2) is 24.4 Å². The smallest absolute Gasteiger partial charge is 0.146 e. The van der Waals surface area contributed by atoms with Crippen molar-refractivity contribution < 1.29 is 9.84 Å². The first-order valence-corrected chi connectivity index (χ1v) is 9.42. The van der Waals surface area contributed by atoms with E-state index in [1.54, 1.807) is 6.20 Å². The maximum Gasteiger partial charge on any atom is 0.146 e. The van der Waals surface area contributed by atoms with E-state index in [-0.39, 0.29) is 0 Å². The maximum absolute atomic E-state index is 10.8. The highest BCUT2D eigenvalue weighted by atomic mass is 16.5. The van der Waals surface area contributed by atoms with E-state index in [1.807, 2.05) is 6.07 Å². The number of phenols is 1. The number of morpholine rings is 1. The molecule has 2 aromatic rings. The number of aromatic nitrogens is 1. The second-order valence-electron chi connectivity index (χ2n) is 7.17. The zero-order valence-corrected chi connectivity index (χ0v) is 14.8. The molecule has 2 aliphatic heterocycles. The van der Waals surface area contributed by atoms with Gasteiger partial charge in [0.15, 0.2) is 0 Å². The minimum Gasteiger partial charge on any atom is -0.505 e. The molecule has 1 aromatic carbocycles. The summed E-state index contributed by atoms with van der Waals surface area (Å²) in [6.07, 6.45) is 5.61. The second-order valence-corrected chi connectivity index (χ2v) is 7.17. The highest BCUT2D eigenvalue weighted by Crippen LogP contribution is 2.32. The minimum atomic E-state index is 0.354. The lowest BCUT2D eigenvalue weighted by atomic mass is 10.0. The summed E-state index contributed by atoms with van der Waals surface area (Å²) in [5.41, 5.74) is 3.01. The number of fused-ring (bicyclic) bond motifs is 1. The summed E-state index contributed by atoms with van der Waals surface area (Å²) in [7, 11) is 0. The fourth-order valence-corrected chi connectivity index (χ4v) is 3.97. The molecule has 2 fully saturated rings. The van der Waals surface area contributed by atoms with Crippen LogP contribution in [-0.2, 0) is 17.8 Å². The van der Waals surface area contributed by atoms with Crippen LogP contribution in [0.2, 0.25) is 0 Å². The van der Waals surface area contributed by atoms with Crippen LogP contribution in [-0.4, -0.2) is 59.3 Å². The summed E-state index contributed by atoms with van der Waals surface area (Å²) >= 11 is 0. The van der Waals surface area contributed by atoms with Gasteiger partial charge in [-0.15, -0.1) is 0 Å². The van der Waals surface area contributed by atoms with Gasteiger partial charge in [-0.2, -0.15) is 0 Å². The van der Waals surface area contributed by atoms with E-state index < -0.39 is 0 Å². The lowest BCUT2D eigenvalue weighted by Gasteiger charge is -2.29. The molecule has 0 unspecified atom stereocenters. The number of hydrogen-bond donors (Lipinski definition) is 1.